The van der Waals surface area contributed by atoms with Gasteiger partial charge in [-0.2, -0.15) is 0 Å². The second-order valence-corrected chi connectivity index (χ2v) is 19.3. The minimum atomic E-state index is -3.92. The number of fused-ring (bicyclic) bond motifs is 3. The SMILES string of the molecule is COc1ccc2nc(O[C@@H]3C[C@H]4C(=O)C[C@]5(C(=O)NS(=O)(=O)C6(C)CC6)C[C@@H]5/C=C\CCCCC[C@H](Cc5ccccc5)C(=O)N4C3)c(-c3cccs3)nc2c1. The molecule has 2 aliphatic carbocycles. The average Bonchev–Trinajstić information content (AvgIpc) is 3.94. The average molecular weight is 797 g/mol. The largest absolute Gasteiger partial charge is 0.497 e. The molecule has 4 aliphatic rings. The molecule has 3 fully saturated rings. The maximum absolute atomic E-state index is 14.8. The number of ketones is 1. The molecule has 0 radical (unpaired) electrons. The van der Waals surface area contributed by atoms with E-state index in [1.54, 1.807) is 18.9 Å². The van der Waals surface area contributed by atoms with Crippen molar-refractivity contribution in [2.45, 2.75) is 94.4 Å². The molecule has 4 aromatic rings. The van der Waals surface area contributed by atoms with E-state index in [-0.39, 0.29) is 42.9 Å². The summed E-state index contributed by atoms with van der Waals surface area (Å²) >= 11 is 1.51. The topological polar surface area (TPSA) is 145 Å². The molecule has 13 heteroatoms. The van der Waals surface area contributed by atoms with E-state index in [9.17, 15) is 22.8 Å². The molecule has 1 N–H and O–H groups in total. The van der Waals surface area contributed by atoms with Gasteiger partial charge in [-0.25, -0.2) is 18.4 Å². The molecule has 2 amide bonds. The van der Waals surface area contributed by atoms with Crippen molar-refractivity contribution < 1.29 is 32.3 Å². The molecule has 2 aromatic carbocycles. The standard InChI is InChI=1S/C43H48N4O7S2/c1-42(19-20-42)56(51,52)46-41(50)43-25-30(43)15-10-5-3-4-9-14-29(22-28-12-7-6-8-13-28)40(49)47-27-32(24-35(47)36(48)26-43)54-39-38(37-16-11-21-55-37)44-34-23-31(53-2)17-18-33(34)45-39/h6-8,10-13,15-18,21,23,29-30,32,35H,3-5,9,14,19-20,22,24-27H2,1-2H3,(H,46,50)/b15-10-/t29-,30+,32-,35+,43-/m1/s1. The zero-order valence-corrected chi connectivity index (χ0v) is 33.4. The number of ether oxygens (including phenoxy) is 2. The Balaban J connectivity index is 1.13. The Labute approximate surface area is 331 Å². The normalized spacial score (nSPS) is 27.0. The third-order valence-corrected chi connectivity index (χ3v) is 15.2. The van der Waals surface area contributed by atoms with Gasteiger partial charge < -0.3 is 14.4 Å². The van der Waals surface area contributed by atoms with Crippen LogP contribution in [-0.2, 0) is 30.8 Å². The van der Waals surface area contributed by atoms with Gasteiger partial charge in [0.1, 0.15) is 17.5 Å². The van der Waals surface area contributed by atoms with Gasteiger partial charge in [0.25, 0.3) is 0 Å². The van der Waals surface area contributed by atoms with Gasteiger partial charge in [0.2, 0.25) is 27.7 Å². The maximum atomic E-state index is 14.8. The molecule has 5 atom stereocenters. The number of aromatic nitrogens is 2. The Morgan fingerprint density at radius 2 is 1.84 bits per heavy atom. The fourth-order valence-electron chi connectivity index (χ4n) is 8.28. The highest BCUT2D eigenvalue weighted by molar-refractivity contribution is 7.91. The third kappa shape index (κ3) is 7.72. The molecule has 2 aliphatic heterocycles. The molecular weight excluding hydrogens is 749 g/mol. The van der Waals surface area contributed by atoms with E-state index in [0.717, 1.165) is 36.1 Å². The molecule has 11 nitrogen and oxygen atoms in total. The summed E-state index contributed by atoms with van der Waals surface area (Å²) in [6.45, 7) is 1.79. The number of hydrogen-bond donors (Lipinski definition) is 1. The number of thiophene rings is 1. The Hall–Kier alpha value is -4.62. The van der Waals surface area contributed by atoms with Gasteiger partial charge in [-0.3, -0.25) is 19.1 Å². The van der Waals surface area contributed by atoms with E-state index in [2.05, 4.69) is 10.8 Å². The van der Waals surface area contributed by atoms with Crippen molar-refractivity contribution in [3.8, 4) is 22.2 Å². The van der Waals surface area contributed by atoms with Gasteiger partial charge in [-0.1, -0.05) is 61.4 Å². The number of rotatable bonds is 9. The second kappa shape index (κ2) is 15.4. The fourth-order valence-corrected chi connectivity index (χ4v) is 10.3. The first-order valence-electron chi connectivity index (χ1n) is 19.7. The number of amides is 2. The van der Waals surface area contributed by atoms with Gasteiger partial charge in [-0.05, 0) is 86.9 Å². The first kappa shape index (κ1) is 38.3. The summed E-state index contributed by atoms with van der Waals surface area (Å²) in [6, 6.07) is 18.4. The number of carbonyl (C=O) groups is 3. The minimum Gasteiger partial charge on any atom is -0.497 e. The Kier molecular flexibility index (Phi) is 10.5. The monoisotopic (exact) mass is 796 g/mol. The molecule has 0 spiro atoms. The number of sulfonamides is 1. The van der Waals surface area contributed by atoms with Crippen molar-refractivity contribution >= 4 is 50.0 Å². The number of methoxy groups -OCH3 is 1. The van der Waals surface area contributed by atoms with Crippen LogP contribution < -0.4 is 14.2 Å². The molecular formula is C43H48N4O7S2. The molecule has 4 heterocycles. The van der Waals surface area contributed by atoms with Crippen molar-refractivity contribution in [3.63, 3.8) is 0 Å². The Bertz CT molecular complexity index is 2260. The molecule has 1 saturated heterocycles. The molecule has 2 saturated carbocycles. The minimum absolute atomic E-state index is 0.114. The summed E-state index contributed by atoms with van der Waals surface area (Å²) in [6.07, 6.45) is 9.55. The van der Waals surface area contributed by atoms with Gasteiger partial charge in [0.15, 0.2) is 5.78 Å². The van der Waals surface area contributed by atoms with Crippen LogP contribution in [0.5, 0.6) is 11.6 Å². The number of carbonyl (C=O) groups excluding carboxylic acids is 3. The van der Waals surface area contributed by atoms with Crippen LogP contribution in [-0.4, -0.2) is 71.4 Å². The summed E-state index contributed by atoms with van der Waals surface area (Å²) < 4.78 is 40.0. The molecule has 294 valence electrons. The van der Waals surface area contributed by atoms with Crippen LogP contribution in [0.25, 0.3) is 21.6 Å². The third-order valence-electron chi connectivity index (χ3n) is 12.2. The van der Waals surface area contributed by atoms with Crippen LogP contribution in [0.4, 0.5) is 0 Å². The molecule has 2 aromatic heterocycles. The van der Waals surface area contributed by atoms with Gasteiger partial charge >= 0.3 is 0 Å². The number of hydrogen-bond acceptors (Lipinski definition) is 10. The second-order valence-electron chi connectivity index (χ2n) is 16.1. The van der Waals surface area contributed by atoms with Crippen molar-refractivity contribution in [1.82, 2.24) is 19.6 Å². The van der Waals surface area contributed by atoms with Crippen LogP contribution >= 0.6 is 11.3 Å². The van der Waals surface area contributed by atoms with E-state index in [4.69, 9.17) is 19.4 Å². The highest BCUT2D eigenvalue weighted by atomic mass is 32.2. The molecule has 0 bridgehead atoms. The number of nitrogens with zero attached hydrogens (tertiary/aromatic N) is 3. The van der Waals surface area contributed by atoms with Crippen LogP contribution in [0.3, 0.4) is 0 Å². The van der Waals surface area contributed by atoms with Gasteiger partial charge in [0.05, 0.1) is 45.8 Å². The van der Waals surface area contributed by atoms with Gasteiger partial charge in [0, 0.05) is 24.8 Å². The zero-order chi connectivity index (χ0) is 39.1. The van der Waals surface area contributed by atoms with E-state index in [0.29, 0.717) is 60.5 Å². The van der Waals surface area contributed by atoms with Crippen LogP contribution in [0.15, 0.2) is 78.2 Å². The molecule has 56 heavy (non-hydrogen) atoms. The highest BCUT2D eigenvalue weighted by Gasteiger charge is 2.62. The van der Waals surface area contributed by atoms with E-state index in [1.807, 2.05) is 72.1 Å². The lowest BCUT2D eigenvalue weighted by atomic mass is 9.90. The van der Waals surface area contributed by atoms with E-state index in [1.165, 1.54) is 11.3 Å². The quantitative estimate of drug-likeness (QED) is 0.176. The smallest absolute Gasteiger partial charge is 0.242 e. The van der Waals surface area contributed by atoms with Crippen molar-refractivity contribution in [2.75, 3.05) is 13.7 Å². The predicted molar refractivity (Wildman–Crippen MR) is 215 cm³/mol. The first-order chi connectivity index (χ1) is 27.0. The zero-order valence-electron chi connectivity index (χ0n) is 31.8. The van der Waals surface area contributed by atoms with E-state index < -0.39 is 38.2 Å². The fraction of sp³-hybridized carbons (Fsp3) is 0.465. The van der Waals surface area contributed by atoms with Gasteiger partial charge in [-0.15, -0.1) is 11.3 Å². The number of nitrogens with one attached hydrogen (secondary N) is 1. The summed E-state index contributed by atoms with van der Waals surface area (Å²) in [4.78, 5) is 55.9. The van der Waals surface area contributed by atoms with E-state index >= 15 is 0 Å². The molecule has 8 rings (SSSR count). The molecule has 0 unspecified atom stereocenters. The summed E-state index contributed by atoms with van der Waals surface area (Å²) in [5.41, 5.74) is 1.65. The van der Waals surface area contributed by atoms with Crippen LogP contribution in [0.2, 0.25) is 0 Å². The van der Waals surface area contributed by atoms with Crippen molar-refractivity contribution in [3.05, 3.63) is 83.8 Å². The highest BCUT2D eigenvalue weighted by Crippen LogP contribution is 2.57. The lowest BCUT2D eigenvalue weighted by Gasteiger charge is -2.29. The summed E-state index contributed by atoms with van der Waals surface area (Å²) in [5.74, 6) is -0.695. The summed E-state index contributed by atoms with van der Waals surface area (Å²) in [5, 5.41) is 1.95. The van der Waals surface area contributed by atoms with Crippen LogP contribution in [0, 0.1) is 17.3 Å². The Morgan fingerprint density at radius 1 is 1.02 bits per heavy atom. The number of allylic oxidation sites excluding steroid dienone is 2. The lowest BCUT2D eigenvalue weighted by Crippen LogP contribution is -2.47. The Morgan fingerprint density at radius 3 is 2.59 bits per heavy atom. The maximum Gasteiger partial charge on any atom is 0.242 e. The van der Waals surface area contributed by atoms with Crippen molar-refractivity contribution in [2.24, 2.45) is 17.3 Å². The number of Topliss-reactive ketones (excluding diaryl/α,β-unsaturated/α-hetero) is 1. The van der Waals surface area contributed by atoms with Crippen molar-refractivity contribution in [1.29, 1.82) is 0 Å². The van der Waals surface area contributed by atoms with Crippen LogP contribution in [0.1, 0.15) is 76.7 Å². The summed E-state index contributed by atoms with van der Waals surface area (Å²) in [7, 11) is -2.32. The first-order valence-corrected chi connectivity index (χ1v) is 22.0. The lowest BCUT2D eigenvalue weighted by molar-refractivity contribution is -0.142. The number of benzene rings is 2. The predicted octanol–water partition coefficient (Wildman–Crippen LogP) is 7.06.